The number of amides is 1. The van der Waals surface area contributed by atoms with E-state index in [0.717, 1.165) is 11.1 Å². The Hall–Kier alpha value is -2.53. The molecule has 0 aliphatic rings. The lowest BCUT2D eigenvalue weighted by Crippen LogP contribution is -2.24. The Bertz CT molecular complexity index is 792. The van der Waals surface area contributed by atoms with E-state index in [1.165, 1.54) is 5.56 Å². The summed E-state index contributed by atoms with van der Waals surface area (Å²) in [6.07, 6.45) is 0. The fourth-order valence-electron chi connectivity index (χ4n) is 2.53. The second kappa shape index (κ2) is 9.42. The predicted molar refractivity (Wildman–Crippen MR) is 107 cm³/mol. The van der Waals surface area contributed by atoms with Gasteiger partial charge in [0.1, 0.15) is 5.75 Å². The molecule has 0 unspecified atom stereocenters. The zero-order valence-electron chi connectivity index (χ0n) is 16.0. The Morgan fingerprint density at radius 3 is 2.33 bits per heavy atom. The summed E-state index contributed by atoms with van der Waals surface area (Å²) in [5, 5.41) is 3.11. The van der Waals surface area contributed by atoms with E-state index in [2.05, 4.69) is 19.2 Å². The molecule has 6 heteroatoms. The highest BCUT2D eigenvalue weighted by Gasteiger charge is 2.12. The van der Waals surface area contributed by atoms with Gasteiger partial charge in [-0.3, -0.25) is 4.79 Å². The molecule has 0 bridgehead atoms. The zero-order valence-corrected chi connectivity index (χ0v) is 16.7. The molecule has 0 spiro atoms. The minimum Gasteiger partial charge on any atom is -0.482 e. The van der Waals surface area contributed by atoms with Crippen molar-refractivity contribution in [2.75, 3.05) is 18.5 Å². The maximum absolute atomic E-state index is 12.0. The van der Waals surface area contributed by atoms with Gasteiger partial charge in [0.15, 0.2) is 13.2 Å². The molecule has 0 heterocycles. The van der Waals surface area contributed by atoms with Crippen molar-refractivity contribution in [2.45, 2.75) is 33.6 Å². The number of carbonyl (C=O) groups excluding carboxylic acids is 2. The van der Waals surface area contributed by atoms with E-state index in [4.69, 9.17) is 21.1 Å². The molecule has 144 valence electrons. The Morgan fingerprint density at radius 2 is 1.74 bits per heavy atom. The van der Waals surface area contributed by atoms with Gasteiger partial charge in [-0.25, -0.2) is 4.79 Å². The van der Waals surface area contributed by atoms with Gasteiger partial charge in [-0.2, -0.15) is 0 Å². The standard InChI is InChI=1S/C21H24ClNO4/c1-13(2)16-5-7-17(8-6-16)26-12-20(25)27-11-19(24)23-21-15(4)9-14(3)10-18(21)22/h5-10,13H,11-12H2,1-4H3,(H,23,24). The number of rotatable bonds is 7. The van der Waals surface area contributed by atoms with Crippen LogP contribution in [0.25, 0.3) is 0 Å². The van der Waals surface area contributed by atoms with E-state index in [1.807, 2.05) is 32.0 Å². The lowest BCUT2D eigenvalue weighted by molar-refractivity contribution is -0.149. The van der Waals surface area contributed by atoms with Gasteiger partial charge in [-0.1, -0.05) is 43.6 Å². The molecule has 1 N–H and O–H groups in total. The third-order valence-corrected chi connectivity index (χ3v) is 4.26. The van der Waals surface area contributed by atoms with Crippen LogP contribution < -0.4 is 10.1 Å². The minimum absolute atomic E-state index is 0.265. The first-order chi connectivity index (χ1) is 12.8. The quantitative estimate of drug-likeness (QED) is 0.700. The van der Waals surface area contributed by atoms with E-state index in [1.54, 1.807) is 18.2 Å². The molecule has 2 aromatic carbocycles. The van der Waals surface area contributed by atoms with E-state index in [-0.39, 0.29) is 6.61 Å². The van der Waals surface area contributed by atoms with Gasteiger partial charge in [0.05, 0.1) is 10.7 Å². The highest BCUT2D eigenvalue weighted by atomic mass is 35.5. The van der Waals surface area contributed by atoms with Crippen LogP contribution in [0.5, 0.6) is 5.75 Å². The first kappa shape index (κ1) is 20.8. The van der Waals surface area contributed by atoms with Gasteiger partial charge in [0.25, 0.3) is 5.91 Å². The van der Waals surface area contributed by atoms with E-state index >= 15 is 0 Å². The summed E-state index contributed by atoms with van der Waals surface area (Å²) in [7, 11) is 0. The Kier molecular flexibility index (Phi) is 7.25. The van der Waals surface area contributed by atoms with Crippen LogP contribution >= 0.6 is 11.6 Å². The average Bonchev–Trinajstić information content (AvgIpc) is 2.61. The molecule has 2 aromatic rings. The van der Waals surface area contributed by atoms with Crippen LogP contribution in [0, 0.1) is 13.8 Å². The summed E-state index contributed by atoms with van der Waals surface area (Å²) in [6.45, 7) is 7.30. The second-order valence-electron chi connectivity index (χ2n) is 6.66. The van der Waals surface area contributed by atoms with Crippen molar-refractivity contribution in [3.8, 4) is 5.75 Å². The van der Waals surface area contributed by atoms with Gasteiger partial charge < -0.3 is 14.8 Å². The molecular formula is C21H24ClNO4. The van der Waals surface area contributed by atoms with Crippen LogP contribution in [0.3, 0.4) is 0 Å². The normalized spacial score (nSPS) is 10.6. The lowest BCUT2D eigenvalue weighted by Gasteiger charge is -2.12. The van der Waals surface area contributed by atoms with Crippen molar-refractivity contribution < 1.29 is 19.1 Å². The van der Waals surface area contributed by atoms with Crippen LogP contribution in [0.1, 0.15) is 36.5 Å². The minimum atomic E-state index is -0.621. The van der Waals surface area contributed by atoms with Crippen molar-refractivity contribution in [1.82, 2.24) is 0 Å². The number of esters is 1. The van der Waals surface area contributed by atoms with Crippen LogP contribution in [0.2, 0.25) is 5.02 Å². The largest absolute Gasteiger partial charge is 0.482 e. The number of hydrogen-bond donors (Lipinski definition) is 1. The molecule has 0 fully saturated rings. The first-order valence-corrected chi connectivity index (χ1v) is 9.09. The van der Waals surface area contributed by atoms with Crippen molar-refractivity contribution >= 4 is 29.2 Å². The Balaban J connectivity index is 1.79. The zero-order chi connectivity index (χ0) is 20.0. The molecule has 0 aliphatic heterocycles. The molecule has 0 saturated carbocycles. The molecule has 5 nitrogen and oxygen atoms in total. The number of benzene rings is 2. The fourth-order valence-corrected chi connectivity index (χ4v) is 2.90. The molecular weight excluding hydrogens is 366 g/mol. The molecule has 1 amide bonds. The van der Waals surface area contributed by atoms with Gasteiger partial charge in [-0.05, 0) is 54.7 Å². The maximum atomic E-state index is 12.0. The number of carbonyl (C=O) groups is 2. The summed E-state index contributed by atoms with van der Waals surface area (Å²) >= 11 is 6.15. The van der Waals surface area contributed by atoms with Gasteiger partial charge >= 0.3 is 5.97 Å². The summed E-state index contributed by atoms with van der Waals surface area (Å²) in [4.78, 5) is 23.8. The molecule has 0 radical (unpaired) electrons. The molecule has 2 rings (SSSR count). The van der Waals surface area contributed by atoms with Gasteiger partial charge in [0.2, 0.25) is 0 Å². The van der Waals surface area contributed by atoms with Crippen molar-refractivity contribution in [3.63, 3.8) is 0 Å². The first-order valence-electron chi connectivity index (χ1n) is 8.71. The van der Waals surface area contributed by atoms with Crippen LogP contribution in [-0.2, 0) is 14.3 Å². The van der Waals surface area contributed by atoms with Crippen LogP contribution in [0.4, 0.5) is 5.69 Å². The topological polar surface area (TPSA) is 64.6 Å². The molecule has 0 aliphatic carbocycles. The smallest absolute Gasteiger partial charge is 0.344 e. The summed E-state index contributed by atoms with van der Waals surface area (Å²) in [5.41, 5.74) is 3.55. The summed E-state index contributed by atoms with van der Waals surface area (Å²) in [6, 6.07) is 11.2. The second-order valence-corrected chi connectivity index (χ2v) is 7.07. The summed E-state index contributed by atoms with van der Waals surface area (Å²) in [5.74, 6) is -0.0839. The van der Waals surface area contributed by atoms with Gasteiger partial charge in [-0.15, -0.1) is 0 Å². The van der Waals surface area contributed by atoms with Crippen molar-refractivity contribution in [1.29, 1.82) is 0 Å². The summed E-state index contributed by atoms with van der Waals surface area (Å²) < 4.78 is 10.3. The highest BCUT2D eigenvalue weighted by molar-refractivity contribution is 6.34. The number of halogens is 1. The fraction of sp³-hybridized carbons (Fsp3) is 0.333. The van der Waals surface area contributed by atoms with Crippen molar-refractivity contribution in [2.24, 2.45) is 0 Å². The van der Waals surface area contributed by atoms with Gasteiger partial charge in [0, 0.05) is 0 Å². The monoisotopic (exact) mass is 389 g/mol. The predicted octanol–water partition coefficient (Wildman–Crippen LogP) is 4.64. The molecule has 27 heavy (non-hydrogen) atoms. The third-order valence-electron chi connectivity index (χ3n) is 3.96. The lowest BCUT2D eigenvalue weighted by atomic mass is 10.0. The number of aryl methyl sites for hydroxylation is 2. The molecule has 0 aromatic heterocycles. The van der Waals surface area contributed by atoms with E-state index < -0.39 is 18.5 Å². The number of nitrogens with one attached hydrogen (secondary N) is 1. The Morgan fingerprint density at radius 1 is 1.07 bits per heavy atom. The number of hydrogen-bond acceptors (Lipinski definition) is 4. The van der Waals surface area contributed by atoms with Crippen LogP contribution in [-0.4, -0.2) is 25.1 Å². The average molecular weight is 390 g/mol. The third kappa shape index (κ3) is 6.29. The van der Waals surface area contributed by atoms with Crippen LogP contribution in [0.15, 0.2) is 36.4 Å². The number of ether oxygens (including phenoxy) is 2. The molecule has 0 atom stereocenters. The Labute approximate surface area is 164 Å². The molecule has 0 saturated heterocycles. The maximum Gasteiger partial charge on any atom is 0.344 e. The van der Waals surface area contributed by atoms with E-state index in [9.17, 15) is 9.59 Å². The highest BCUT2D eigenvalue weighted by Crippen LogP contribution is 2.27. The number of anilines is 1. The van der Waals surface area contributed by atoms with Crippen molar-refractivity contribution in [3.05, 3.63) is 58.1 Å². The van der Waals surface area contributed by atoms with E-state index in [0.29, 0.717) is 22.4 Å². The SMILES string of the molecule is Cc1cc(C)c(NC(=O)COC(=O)COc2ccc(C(C)C)cc2)c(Cl)c1.